The number of sulfonamides is 1. The molecule has 0 aromatic carbocycles. The van der Waals surface area contributed by atoms with Gasteiger partial charge in [0.2, 0.25) is 10.0 Å². The highest BCUT2D eigenvalue weighted by Crippen LogP contribution is 2.20. The Bertz CT molecular complexity index is 529. The number of rotatable bonds is 6. The molecule has 0 aliphatic carbocycles. The maximum absolute atomic E-state index is 11.6. The first-order valence-electron chi connectivity index (χ1n) is 6.94. The third kappa shape index (κ3) is 4.26. The second-order valence-electron chi connectivity index (χ2n) is 5.39. The van der Waals surface area contributed by atoms with E-state index < -0.39 is 10.0 Å². The molecule has 1 unspecified atom stereocenters. The monoisotopic (exact) mass is 302 g/mol. The van der Waals surface area contributed by atoms with Gasteiger partial charge in [0.1, 0.15) is 0 Å². The second-order valence-corrected chi connectivity index (χ2v) is 7.37. The molecular weight excluding hydrogens is 280 g/mol. The first-order chi connectivity index (χ1) is 9.49. The lowest BCUT2D eigenvalue weighted by Gasteiger charge is -2.30. The minimum atomic E-state index is -3.10. The molecule has 7 nitrogen and oxygen atoms in total. The molecule has 0 radical (unpaired) electrons. The largest absolute Gasteiger partial charge is 0.396 e. The van der Waals surface area contributed by atoms with E-state index in [0.29, 0.717) is 26.1 Å². The van der Waals surface area contributed by atoms with Crippen LogP contribution in [-0.4, -0.2) is 58.8 Å². The predicted octanol–water partition coefficient (Wildman–Crippen LogP) is -0.125. The van der Waals surface area contributed by atoms with Gasteiger partial charge >= 0.3 is 0 Å². The van der Waals surface area contributed by atoms with Gasteiger partial charge in [0.25, 0.3) is 0 Å². The Morgan fingerprint density at radius 1 is 1.50 bits per heavy atom. The number of nitrogens with zero attached hydrogens (tertiary/aromatic N) is 4. The summed E-state index contributed by atoms with van der Waals surface area (Å²) in [7, 11) is -3.10. The molecule has 1 aromatic rings. The highest BCUT2D eigenvalue weighted by atomic mass is 32.2. The molecule has 0 bridgehead atoms. The van der Waals surface area contributed by atoms with Crippen LogP contribution in [0.1, 0.15) is 25.0 Å². The van der Waals surface area contributed by atoms with Crippen LogP contribution in [0.3, 0.4) is 0 Å². The maximum Gasteiger partial charge on any atom is 0.211 e. The Morgan fingerprint density at radius 3 is 3.00 bits per heavy atom. The summed E-state index contributed by atoms with van der Waals surface area (Å²) in [6.45, 7) is 2.02. The van der Waals surface area contributed by atoms with Gasteiger partial charge in [-0.15, -0.1) is 5.10 Å². The van der Waals surface area contributed by atoms with Crippen LogP contribution < -0.4 is 0 Å². The fraction of sp³-hybridized carbons (Fsp3) is 0.833. The van der Waals surface area contributed by atoms with E-state index in [2.05, 4.69) is 10.3 Å². The molecule has 8 heteroatoms. The number of aliphatic hydroxyl groups is 1. The molecule has 20 heavy (non-hydrogen) atoms. The molecule has 1 atom stereocenters. The van der Waals surface area contributed by atoms with Gasteiger partial charge in [-0.3, -0.25) is 4.68 Å². The highest BCUT2D eigenvalue weighted by molar-refractivity contribution is 7.88. The SMILES string of the molecule is CS(=O)(=O)N1CCCC(Cn2cc(CCCO)nn2)C1. The molecule has 0 saturated carbocycles. The van der Waals surface area contributed by atoms with Crippen molar-refractivity contribution in [3.63, 3.8) is 0 Å². The zero-order valence-electron chi connectivity index (χ0n) is 11.8. The Hall–Kier alpha value is -0.990. The van der Waals surface area contributed by atoms with Crippen molar-refractivity contribution in [3.05, 3.63) is 11.9 Å². The summed E-state index contributed by atoms with van der Waals surface area (Å²) in [6, 6.07) is 0. The van der Waals surface area contributed by atoms with E-state index in [-0.39, 0.29) is 12.5 Å². The van der Waals surface area contributed by atoms with Gasteiger partial charge in [0.05, 0.1) is 11.9 Å². The van der Waals surface area contributed by atoms with E-state index in [4.69, 9.17) is 5.11 Å². The topological polar surface area (TPSA) is 88.3 Å². The molecule has 114 valence electrons. The number of hydrogen-bond donors (Lipinski definition) is 1. The zero-order valence-corrected chi connectivity index (χ0v) is 12.6. The number of piperidine rings is 1. The van der Waals surface area contributed by atoms with Gasteiger partial charge in [-0.1, -0.05) is 5.21 Å². The third-order valence-corrected chi connectivity index (χ3v) is 4.84. The van der Waals surface area contributed by atoms with Gasteiger partial charge in [-0.25, -0.2) is 12.7 Å². The van der Waals surface area contributed by atoms with E-state index in [0.717, 1.165) is 25.0 Å². The first kappa shape index (κ1) is 15.4. The lowest BCUT2D eigenvalue weighted by atomic mass is 10.00. The molecular formula is C12H22N4O3S. The van der Waals surface area contributed by atoms with Crippen molar-refractivity contribution in [1.29, 1.82) is 0 Å². The van der Waals surface area contributed by atoms with Crippen LogP contribution >= 0.6 is 0 Å². The number of aryl methyl sites for hydroxylation is 1. The summed E-state index contributed by atoms with van der Waals surface area (Å²) in [5, 5.41) is 16.9. The molecule has 0 amide bonds. The Labute approximate surface area is 119 Å². The van der Waals surface area contributed by atoms with Crippen molar-refractivity contribution in [2.24, 2.45) is 5.92 Å². The summed E-state index contributed by atoms with van der Waals surface area (Å²) in [6.07, 6.45) is 6.45. The average molecular weight is 302 g/mol. The highest BCUT2D eigenvalue weighted by Gasteiger charge is 2.26. The molecule has 1 aromatic heterocycles. The summed E-state index contributed by atoms with van der Waals surface area (Å²) < 4.78 is 26.5. The van der Waals surface area contributed by atoms with E-state index in [1.165, 1.54) is 6.26 Å². The van der Waals surface area contributed by atoms with Gasteiger partial charge in [-0.05, 0) is 31.6 Å². The van der Waals surface area contributed by atoms with Crippen LogP contribution in [0.2, 0.25) is 0 Å². The Balaban J connectivity index is 1.91. The van der Waals surface area contributed by atoms with Crippen molar-refractivity contribution in [3.8, 4) is 0 Å². The van der Waals surface area contributed by atoms with Gasteiger partial charge in [0, 0.05) is 32.4 Å². The van der Waals surface area contributed by atoms with Gasteiger partial charge < -0.3 is 5.11 Å². The van der Waals surface area contributed by atoms with Crippen LogP contribution in [0, 0.1) is 5.92 Å². The maximum atomic E-state index is 11.6. The standard InChI is InChI=1S/C12H22N4O3S/c1-20(18,19)16-6-2-4-11(9-16)8-15-10-12(13-14-15)5-3-7-17/h10-11,17H,2-9H2,1H3. The minimum Gasteiger partial charge on any atom is -0.396 e. The van der Waals surface area contributed by atoms with Gasteiger partial charge in [-0.2, -0.15) is 0 Å². The summed E-state index contributed by atoms with van der Waals surface area (Å²) in [5.74, 6) is 0.283. The van der Waals surface area contributed by atoms with E-state index in [1.54, 1.807) is 8.99 Å². The Kier molecular flexibility index (Phi) is 5.11. The quantitative estimate of drug-likeness (QED) is 0.791. The molecule has 1 aliphatic heterocycles. The molecule has 1 saturated heterocycles. The second kappa shape index (κ2) is 6.64. The van der Waals surface area contributed by atoms with Crippen LogP contribution in [0.5, 0.6) is 0 Å². The van der Waals surface area contributed by atoms with E-state index in [9.17, 15) is 8.42 Å². The Morgan fingerprint density at radius 2 is 2.30 bits per heavy atom. The van der Waals surface area contributed by atoms with Crippen molar-refractivity contribution in [1.82, 2.24) is 19.3 Å². The molecule has 1 fully saturated rings. The van der Waals surface area contributed by atoms with Crippen molar-refractivity contribution in [2.75, 3.05) is 26.0 Å². The van der Waals surface area contributed by atoms with Crippen molar-refractivity contribution >= 4 is 10.0 Å². The first-order valence-corrected chi connectivity index (χ1v) is 8.79. The van der Waals surface area contributed by atoms with Crippen LogP contribution in [0.15, 0.2) is 6.20 Å². The smallest absolute Gasteiger partial charge is 0.211 e. The number of aliphatic hydroxyl groups excluding tert-OH is 1. The molecule has 2 rings (SSSR count). The summed E-state index contributed by atoms with van der Waals surface area (Å²) in [5.41, 5.74) is 0.870. The number of hydrogen-bond acceptors (Lipinski definition) is 5. The molecule has 2 heterocycles. The van der Waals surface area contributed by atoms with Crippen LogP contribution in [-0.2, 0) is 23.0 Å². The van der Waals surface area contributed by atoms with Crippen LogP contribution in [0.25, 0.3) is 0 Å². The number of aromatic nitrogens is 3. The summed E-state index contributed by atoms with van der Waals surface area (Å²) >= 11 is 0. The normalized spacial score (nSPS) is 21.2. The van der Waals surface area contributed by atoms with Crippen molar-refractivity contribution in [2.45, 2.75) is 32.2 Å². The van der Waals surface area contributed by atoms with Gasteiger partial charge in [0.15, 0.2) is 0 Å². The average Bonchev–Trinajstić information content (AvgIpc) is 2.83. The van der Waals surface area contributed by atoms with Crippen molar-refractivity contribution < 1.29 is 13.5 Å². The third-order valence-electron chi connectivity index (χ3n) is 3.57. The fourth-order valence-electron chi connectivity index (χ4n) is 2.54. The van der Waals surface area contributed by atoms with E-state index >= 15 is 0 Å². The molecule has 1 aliphatic rings. The molecule has 1 N–H and O–H groups in total. The van der Waals surface area contributed by atoms with Crippen LogP contribution in [0.4, 0.5) is 0 Å². The predicted molar refractivity (Wildman–Crippen MR) is 74.6 cm³/mol. The lowest BCUT2D eigenvalue weighted by Crippen LogP contribution is -2.40. The minimum absolute atomic E-state index is 0.152. The fourth-order valence-corrected chi connectivity index (χ4v) is 3.49. The summed E-state index contributed by atoms with van der Waals surface area (Å²) in [4.78, 5) is 0. The van der Waals surface area contributed by atoms with E-state index in [1.807, 2.05) is 6.20 Å². The molecule has 0 spiro atoms. The lowest BCUT2D eigenvalue weighted by molar-refractivity contribution is 0.239. The zero-order chi connectivity index (χ0) is 14.6.